The minimum Gasteiger partial charge on any atom is -0.312 e. The lowest BCUT2D eigenvalue weighted by Gasteiger charge is -2.21. The van der Waals surface area contributed by atoms with Crippen LogP contribution in [0.25, 0.3) is 0 Å². The van der Waals surface area contributed by atoms with Crippen molar-refractivity contribution in [2.75, 3.05) is 7.05 Å². The molecule has 1 atom stereocenters. The molecule has 0 aliphatic heterocycles. The summed E-state index contributed by atoms with van der Waals surface area (Å²) in [7, 11) is 2.15. The molecule has 1 heterocycles. The van der Waals surface area contributed by atoms with Gasteiger partial charge in [0.1, 0.15) is 0 Å². The summed E-state index contributed by atoms with van der Waals surface area (Å²) in [6.45, 7) is 0. The molecule has 18 heavy (non-hydrogen) atoms. The highest BCUT2D eigenvalue weighted by molar-refractivity contribution is 7.12. The van der Waals surface area contributed by atoms with Crippen LogP contribution in [0.15, 0.2) is 6.07 Å². The van der Waals surface area contributed by atoms with E-state index in [0.717, 1.165) is 5.92 Å². The lowest BCUT2D eigenvalue weighted by atomic mass is 9.96. The molecule has 100 valence electrons. The molecule has 1 fully saturated rings. The third-order valence-electron chi connectivity index (χ3n) is 4.75. The third kappa shape index (κ3) is 2.50. The van der Waals surface area contributed by atoms with Crippen LogP contribution in [0.2, 0.25) is 0 Å². The largest absolute Gasteiger partial charge is 0.312 e. The Morgan fingerprint density at radius 1 is 1.11 bits per heavy atom. The van der Waals surface area contributed by atoms with Gasteiger partial charge < -0.3 is 5.32 Å². The zero-order chi connectivity index (χ0) is 12.4. The van der Waals surface area contributed by atoms with Gasteiger partial charge in [-0.05, 0) is 63.1 Å². The minimum atomic E-state index is 0.629. The smallest absolute Gasteiger partial charge is 0.0441 e. The van der Waals surface area contributed by atoms with Gasteiger partial charge in [-0.25, -0.2) is 0 Å². The van der Waals surface area contributed by atoms with Crippen LogP contribution in [-0.4, -0.2) is 7.05 Å². The number of aryl methyl sites for hydroxylation is 2. The normalized spacial score (nSPS) is 22.7. The predicted molar refractivity (Wildman–Crippen MR) is 79.3 cm³/mol. The molecule has 1 aromatic rings. The molecule has 2 heteroatoms. The van der Waals surface area contributed by atoms with Crippen molar-refractivity contribution in [1.29, 1.82) is 0 Å². The predicted octanol–water partition coefficient (Wildman–Crippen LogP) is 4.47. The topological polar surface area (TPSA) is 12.0 Å². The van der Waals surface area contributed by atoms with Gasteiger partial charge in [0.05, 0.1) is 0 Å². The van der Waals surface area contributed by atoms with Gasteiger partial charge in [-0.1, -0.05) is 19.3 Å². The maximum atomic E-state index is 3.60. The molecule has 0 bridgehead atoms. The highest BCUT2D eigenvalue weighted by Gasteiger charge is 2.27. The number of hydrogen-bond donors (Lipinski definition) is 1. The van der Waals surface area contributed by atoms with Gasteiger partial charge in [0.2, 0.25) is 0 Å². The molecule has 1 saturated carbocycles. The zero-order valence-corrected chi connectivity index (χ0v) is 12.3. The van der Waals surface area contributed by atoms with E-state index < -0.39 is 0 Å². The molecular formula is C16H25NS. The molecule has 0 aromatic carbocycles. The van der Waals surface area contributed by atoms with E-state index in [1.165, 1.54) is 57.8 Å². The molecule has 0 radical (unpaired) electrons. The van der Waals surface area contributed by atoms with Crippen molar-refractivity contribution in [2.24, 2.45) is 5.92 Å². The van der Waals surface area contributed by atoms with E-state index in [4.69, 9.17) is 0 Å². The Labute approximate surface area is 115 Å². The highest BCUT2D eigenvalue weighted by atomic mass is 32.1. The molecular weight excluding hydrogens is 238 g/mol. The van der Waals surface area contributed by atoms with Crippen LogP contribution in [0.1, 0.15) is 66.3 Å². The molecule has 0 saturated heterocycles. The highest BCUT2D eigenvalue weighted by Crippen LogP contribution is 2.40. The van der Waals surface area contributed by atoms with Gasteiger partial charge in [0, 0.05) is 15.8 Å². The Balaban J connectivity index is 1.81. The zero-order valence-electron chi connectivity index (χ0n) is 11.5. The average molecular weight is 263 g/mol. The van der Waals surface area contributed by atoms with E-state index >= 15 is 0 Å². The SMILES string of the molecule is CNC(c1cc2c(s1)CCCCC2)C1CCCC1. The minimum absolute atomic E-state index is 0.629. The van der Waals surface area contributed by atoms with Gasteiger partial charge in [0.25, 0.3) is 0 Å². The lowest BCUT2D eigenvalue weighted by Crippen LogP contribution is -2.22. The van der Waals surface area contributed by atoms with E-state index in [2.05, 4.69) is 29.8 Å². The van der Waals surface area contributed by atoms with Crippen LogP contribution >= 0.6 is 11.3 Å². The van der Waals surface area contributed by atoms with Crippen molar-refractivity contribution >= 4 is 11.3 Å². The van der Waals surface area contributed by atoms with Crippen molar-refractivity contribution in [1.82, 2.24) is 5.32 Å². The van der Waals surface area contributed by atoms with Crippen LogP contribution < -0.4 is 5.32 Å². The monoisotopic (exact) mass is 263 g/mol. The first kappa shape index (κ1) is 12.7. The van der Waals surface area contributed by atoms with Crippen LogP contribution in [0.4, 0.5) is 0 Å². The van der Waals surface area contributed by atoms with Gasteiger partial charge in [-0.15, -0.1) is 11.3 Å². The summed E-state index contributed by atoms with van der Waals surface area (Å²) in [6.07, 6.45) is 12.6. The number of fused-ring (bicyclic) bond motifs is 1. The maximum absolute atomic E-state index is 3.60. The molecule has 1 aromatic heterocycles. The van der Waals surface area contributed by atoms with Gasteiger partial charge in [-0.2, -0.15) is 0 Å². The second-order valence-corrected chi connectivity index (χ2v) is 7.14. The molecule has 1 nitrogen and oxygen atoms in total. The fourth-order valence-electron chi connectivity index (χ4n) is 3.74. The van der Waals surface area contributed by atoms with E-state index in [-0.39, 0.29) is 0 Å². The number of thiophene rings is 1. The van der Waals surface area contributed by atoms with Crippen molar-refractivity contribution in [3.8, 4) is 0 Å². The number of rotatable bonds is 3. The van der Waals surface area contributed by atoms with Crippen molar-refractivity contribution in [3.63, 3.8) is 0 Å². The summed E-state index contributed by atoms with van der Waals surface area (Å²) in [5.74, 6) is 0.886. The molecule has 3 rings (SSSR count). The Hall–Kier alpha value is -0.340. The molecule has 2 aliphatic rings. The van der Waals surface area contributed by atoms with E-state index in [1.807, 2.05) is 0 Å². The summed E-state index contributed by atoms with van der Waals surface area (Å²) in [5.41, 5.74) is 1.67. The van der Waals surface area contributed by atoms with E-state index in [9.17, 15) is 0 Å². The first-order chi connectivity index (χ1) is 8.88. The standard InChI is InChI=1S/C16H25NS/c1-17-16(12-7-5-6-8-12)15-11-13-9-3-2-4-10-14(13)18-15/h11-12,16-17H,2-10H2,1H3. The first-order valence-electron chi connectivity index (χ1n) is 7.67. The fourth-order valence-corrected chi connectivity index (χ4v) is 5.21. The third-order valence-corrected chi connectivity index (χ3v) is 6.07. The van der Waals surface area contributed by atoms with Crippen LogP contribution in [-0.2, 0) is 12.8 Å². The molecule has 0 spiro atoms. The molecule has 0 amide bonds. The van der Waals surface area contributed by atoms with Crippen molar-refractivity contribution in [2.45, 2.75) is 63.8 Å². The van der Waals surface area contributed by atoms with Crippen LogP contribution in [0.5, 0.6) is 0 Å². The molecule has 1 N–H and O–H groups in total. The second-order valence-electron chi connectivity index (χ2n) is 5.97. The first-order valence-corrected chi connectivity index (χ1v) is 8.49. The molecule has 1 unspecified atom stereocenters. The Morgan fingerprint density at radius 3 is 2.67 bits per heavy atom. The second kappa shape index (κ2) is 5.75. The van der Waals surface area contributed by atoms with Crippen LogP contribution in [0, 0.1) is 5.92 Å². The summed E-state index contributed by atoms with van der Waals surface area (Å²) in [4.78, 5) is 3.32. The Kier molecular flexibility index (Phi) is 4.05. The molecule has 2 aliphatic carbocycles. The average Bonchev–Trinajstić information content (AvgIpc) is 2.98. The Morgan fingerprint density at radius 2 is 1.89 bits per heavy atom. The van der Waals surface area contributed by atoms with Gasteiger partial charge in [-0.3, -0.25) is 0 Å². The summed E-state index contributed by atoms with van der Waals surface area (Å²) in [6, 6.07) is 3.16. The summed E-state index contributed by atoms with van der Waals surface area (Å²) < 4.78 is 0. The van der Waals surface area contributed by atoms with E-state index in [1.54, 1.807) is 15.3 Å². The van der Waals surface area contributed by atoms with Gasteiger partial charge >= 0.3 is 0 Å². The quantitative estimate of drug-likeness (QED) is 0.794. The Bertz CT molecular complexity index is 366. The summed E-state index contributed by atoms with van der Waals surface area (Å²) >= 11 is 2.11. The number of nitrogens with one attached hydrogen (secondary N) is 1. The van der Waals surface area contributed by atoms with E-state index in [0.29, 0.717) is 6.04 Å². The summed E-state index contributed by atoms with van der Waals surface area (Å²) in [5, 5.41) is 3.60. The van der Waals surface area contributed by atoms with Crippen molar-refractivity contribution < 1.29 is 0 Å². The van der Waals surface area contributed by atoms with Crippen LogP contribution in [0.3, 0.4) is 0 Å². The fraction of sp³-hybridized carbons (Fsp3) is 0.750. The lowest BCUT2D eigenvalue weighted by molar-refractivity contribution is 0.395. The van der Waals surface area contributed by atoms with Gasteiger partial charge in [0.15, 0.2) is 0 Å². The van der Waals surface area contributed by atoms with Crippen molar-refractivity contribution in [3.05, 3.63) is 21.4 Å². The number of hydrogen-bond acceptors (Lipinski definition) is 2. The maximum Gasteiger partial charge on any atom is 0.0441 e.